The van der Waals surface area contributed by atoms with Gasteiger partial charge in [-0.05, 0) is 62.4 Å². The molecule has 4 heterocycles. The van der Waals surface area contributed by atoms with Crippen molar-refractivity contribution in [3.05, 3.63) is 73.2 Å². The van der Waals surface area contributed by atoms with Crippen LogP contribution in [0, 0.1) is 0 Å². The van der Waals surface area contributed by atoms with Crippen LogP contribution < -0.4 is 10.2 Å². The van der Waals surface area contributed by atoms with Crippen LogP contribution in [0.5, 0.6) is 0 Å². The van der Waals surface area contributed by atoms with Gasteiger partial charge in [-0.1, -0.05) is 12.1 Å². The molecular formula is C27H29N7. The largest absolute Gasteiger partial charge is 0.369 e. The summed E-state index contributed by atoms with van der Waals surface area (Å²) >= 11 is 0. The highest BCUT2D eigenvalue weighted by atomic mass is 15.3. The molecule has 5 aromatic rings. The Bertz CT molecular complexity index is 1420. The number of anilines is 3. The molecule has 0 radical (unpaired) electrons. The molecule has 0 amide bonds. The zero-order chi connectivity index (χ0) is 23.1. The van der Waals surface area contributed by atoms with Gasteiger partial charge in [0.25, 0.3) is 0 Å². The average molecular weight is 452 g/mol. The predicted molar refractivity (Wildman–Crippen MR) is 139 cm³/mol. The minimum Gasteiger partial charge on any atom is -0.369 e. The predicted octanol–water partition coefficient (Wildman–Crippen LogP) is 5.15. The Labute approximate surface area is 199 Å². The SMILES string of the molecule is CC(C)N1CCN(c2ccc(Nc3ccc(-c4cccc5[nH]ccc45)n4ncnc34)cc2)CC1. The van der Waals surface area contributed by atoms with E-state index in [1.807, 2.05) is 10.7 Å². The molecule has 1 fully saturated rings. The number of fused-ring (bicyclic) bond motifs is 2. The van der Waals surface area contributed by atoms with Crippen LogP contribution in [0.4, 0.5) is 17.1 Å². The molecule has 0 aliphatic carbocycles. The van der Waals surface area contributed by atoms with E-state index in [1.165, 1.54) is 11.1 Å². The number of pyridine rings is 1. The van der Waals surface area contributed by atoms with Gasteiger partial charge in [0, 0.05) is 66.3 Å². The van der Waals surface area contributed by atoms with Crippen LogP contribution in [-0.4, -0.2) is 56.7 Å². The summed E-state index contributed by atoms with van der Waals surface area (Å²) in [5.74, 6) is 0. The Kier molecular flexibility index (Phi) is 5.19. The third-order valence-electron chi connectivity index (χ3n) is 6.85. The quantitative estimate of drug-likeness (QED) is 0.387. The Morgan fingerprint density at radius 1 is 0.912 bits per heavy atom. The van der Waals surface area contributed by atoms with E-state index in [0.29, 0.717) is 6.04 Å². The van der Waals surface area contributed by atoms with Gasteiger partial charge in [0.15, 0.2) is 5.65 Å². The first kappa shape index (κ1) is 20.7. The van der Waals surface area contributed by atoms with Crippen LogP contribution in [-0.2, 0) is 0 Å². The first-order valence-electron chi connectivity index (χ1n) is 11.9. The highest BCUT2D eigenvalue weighted by Gasteiger charge is 2.19. The fraction of sp³-hybridized carbons (Fsp3) is 0.259. The number of piperazine rings is 1. The van der Waals surface area contributed by atoms with Gasteiger partial charge in [0.1, 0.15) is 6.33 Å². The molecule has 7 nitrogen and oxygen atoms in total. The molecule has 0 saturated carbocycles. The summed E-state index contributed by atoms with van der Waals surface area (Å²) in [6.07, 6.45) is 3.58. The highest BCUT2D eigenvalue weighted by molar-refractivity contribution is 5.95. The molecule has 7 heteroatoms. The van der Waals surface area contributed by atoms with Crippen molar-refractivity contribution in [1.82, 2.24) is 24.5 Å². The first-order chi connectivity index (χ1) is 16.7. The molecule has 1 aliphatic heterocycles. The van der Waals surface area contributed by atoms with Crippen LogP contribution in [0.15, 0.2) is 73.2 Å². The van der Waals surface area contributed by atoms with Crippen molar-refractivity contribution in [3.63, 3.8) is 0 Å². The van der Waals surface area contributed by atoms with Crippen LogP contribution in [0.25, 0.3) is 27.8 Å². The fourth-order valence-corrected chi connectivity index (χ4v) is 4.93. The molecule has 0 unspecified atom stereocenters. The summed E-state index contributed by atoms with van der Waals surface area (Å²) in [5.41, 5.74) is 7.30. The molecule has 0 spiro atoms. The van der Waals surface area contributed by atoms with E-state index in [9.17, 15) is 0 Å². The summed E-state index contributed by atoms with van der Waals surface area (Å²) in [5, 5.41) is 9.24. The number of aromatic amines is 1. The minimum absolute atomic E-state index is 0.616. The third-order valence-corrected chi connectivity index (χ3v) is 6.85. The highest BCUT2D eigenvalue weighted by Crippen LogP contribution is 2.31. The van der Waals surface area contributed by atoms with E-state index < -0.39 is 0 Å². The molecule has 1 aliphatic rings. The number of hydrogen-bond donors (Lipinski definition) is 2. The van der Waals surface area contributed by atoms with E-state index in [0.717, 1.165) is 60.0 Å². The molecule has 34 heavy (non-hydrogen) atoms. The lowest BCUT2D eigenvalue weighted by Crippen LogP contribution is -2.48. The van der Waals surface area contributed by atoms with Crippen molar-refractivity contribution in [3.8, 4) is 11.3 Å². The summed E-state index contributed by atoms with van der Waals surface area (Å²) in [7, 11) is 0. The van der Waals surface area contributed by atoms with Gasteiger partial charge in [-0.3, -0.25) is 4.90 Å². The van der Waals surface area contributed by atoms with Crippen LogP contribution in [0.3, 0.4) is 0 Å². The molecule has 0 atom stereocenters. The number of hydrogen-bond acceptors (Lipinski definition) is 5. The first-order valence-corrected chi connectivity index (χ1v) is 11.9. The summed E-state index contributed by atoms with van der Waals surface area (Å²) < 4.78 is 1.91. The van der Waals surface area contributed by atoms with E-state index in [1.54, 1.807) is 6.33 Å². The van der Waals surface area contributed by atoms with Crippen molar-refractivity contribution < 1.29 is 0 Å². The van der Waals surface area contributed by atoms with Crippen molar-refractivity contribution in [2.45, 2.75) is 19.9 Å². The molecule has 3 aromatic heterocycles. The van der Waals surface area contributed by atoms with Gasteiger partial charge in [0.2, 0.25) is 0 Å². The second-order valence-corrected chi connectivity index (χ2v) is 9.16. The minimum atomic E-state index is 0.616. The van der Waals surface area contributed by atoms with Crippen molar-refractivity contribution in [2.24, 2.45) is 0 Å². The molecule has 2 N–H and O–H groups in total. The molecular weight excluding hydrogens is 422 g/mol. The number of nitrogens with one attached hydrogen (secondary N) is 2. The molecule has 2 aromatic carbocycles. The van der Waals surface area contributed by atoms with Crippen LogP contribution in [0.2, 0.25) is 0 Å². The maximum absolute atomic E-state index is 4.55. The Balaban J connectivity index is 1.24. The van der Waals surface area contributed by atoms with Crippen molar-refractivity contribution in [2.75, 3.05) is 36.4 Å². The summed E-state index contributed by atoms with van der Waals surface area (Å²) in [6, 6.07) is 21.9. The van der Waals surface area contributed by atoms with E-state index >= 15 is 0 Å². The Morgan fingerprint density at radius 3 is 2.53 bits per heavy atom. The zero-order valence-electron chi connectivity index (χ0n) is 19.6. The second-order valence-electron chi connectivity index (χ2n) is 9.16. The van der Waals surface area contributed by atoms with Gasteiger partial charge in [-0.25, -0.2) is 9.50 Å². The van der Waals surface area contributed by atoms with Crippen molar-refractivity contribution in [1.29, 1.82) is 0 Å². The molecule has 172 valence electrons. The molecule has 0 bridgehead atoms. The standard InChI is InChI=1S/C27H29N7/c1-19(2)32-14-16-33(17-15-32)21-8-6-20(7-9-21)31-25-10-11-26(34-27(25)29-18-30-34)23-4-3-5-24-22(23)12-13-28-24/h3-13,18-19,28,31H,14-17H2,1-2H3. The zero-order valence-corrected chi connectivity index (χ0v) is 19.6. The topological polar surface area (TPSA) is 64.5 Å². The normalized spacial score (nSPS) is 15.0. The van der Waals surface area contributed by atoms with Gasteiger partial charge in [-0.2, -0.15) is 5.10 Å². The monoisotopic (exact) mass is 451 g/mol. The third kappa shape index (κ3) is 3.68. The summed E-state index contributed by atoms with van der Waals surface area (Å²) in [6.45, 7) is 8.92. The van der Waals surface area contributed by atoms with Gasteiger partial charge in [0.05, 0.1) is 11.4 Å². The summed E-state index contributed by atoms with van der Waals surface area (Å²) in [4.78, 5) is 12.8. The van der Waals surface area contributed by atoms with Crippen LogP contribution in [0.1, 0.15) is 13.8 Å². The van der Waals surface area contributed by atoms with Crippen LogP contribution >= 0.6 is 0 Å². The average Bonchev–Trinajstić information content (AvgIpc) is 3.55. The maximum atomic E-state index is 4.55. The smallest absolute Gasteiger partial charge is 0.179 e. The maximum Gasteiger partial charge on any atom is 0.179 e. The fourth-order valence-electron chi connectivity index (χ4n) is 4.93. The lowest BCUT2D eigenvalue weighted by Gasteiger charge is -2.38. The van der Waals surface area contributed by atoms with Gasteiger partial charge in [-0.15, -0.1) is 0 Å². The van der Waals surface area contributed by atoms with Gasteiger partial charge < -0.3 is 15.2 Å². The lowest BCUT2D eigenvalue weighted by atomic mass is 10.1. The number of aromatic nitrogens is 4. The van der Waals surface area contributed by atoms with Gasteiger partial charge >= 0.3 is 0 Å². The van der Waals surface area contributed by atoms with E-state index in [-0.39, 0.29) is 0 Å². The lowest BCUT2D eigenvalue weighted by molar-refractivity contribution is 0.209. The second kappa shape index (κ2) is 8.50. The number of H-pyrrole nitrogens is 1. The van der Waals surface area contributed by atoms with E-state index in [4.69, 9.17) is 0 Å². The molecule has 6 rings (SSSR count). The molecule has 1 saturated heterocycles. The number of nitrogens with zero attached hydrogens (tertiary/aromatic N) is 5. The Hall–Kier alpha value is -3.84. The number of benzene rings is 2. The number of rotatable bonds is 5. The Morgan fingerprint density at radius 2 is 1.74 bits per heavy atom. The van der Waals surface area contributed by atoms with Crippen molar-refractivity contribution >= 4 is 33.6 Å². The van der Waals surface area contributed by atoms with E-state index in [2.05, 4.69) is 105 Å².